The number of hydrogen-bond donors (Lipinski definition) is 1. The minimum Gasteiger partial charge on any atom is -0.315 e. The van der Waals surface area contributed by atoms with Crippen molar-refractivity contribution in [2.75, 3.05) is 19.3 Å². The van der Waals surface area contributed by atoms with Crippen LogP contribution < -0.4 is 5.32 Å². The van der Waals surface area contributed by atoms with Crippen molar-refractivity contribution in [2.24, 2.45) is 17.8 Å². The second-order valence-corrected chi connectivity index (χ2v) is 8.85. The quantitative estimate of drug-likeness (QED) is 0.761. The van der Waals surface area contributed by atoms with Crippen molar-refractivity contribution in [1.82, 2.24) is 5.32 Å². The van der Waals surface area contributed by atoms with Crippen molar-refractivity contribution in [3.8, 4) is 0 Å². The van der Waals surface area contributed by atoms with Gasteiger partial charge in [0.05, 0.1) is 4.75 Å². The van der Waals surface area contributed by atoms with E-state index in [4.69, 9.17) is 0 Å². The topological polar surface area (TPSA) is 46.2 Å². The largest absolute Gasteiger partial charge is 0.315 e. The normalized spacial score (nSPS) is 32.3. The fourth-order valence-electron chi connectivity index (χ4n) is 2.82. The number of nitrogens with one attached hydrogen (secondary N) is 1. The molecule has 0 aliphatic heterocycles. The highest BCUT2D eigenvalue weighted by atomic mass is 32.2. The molecule has 1 fully saturated rings. The second kappa shape index (κ2) is 4.39. The molecule has 2 bridgehead atoms. The molecule has 2 rings (SSSR count). The van der Waals surface area contributed by atoms with Crippen LogP contribution in [0.25, 0.3) is 0 Å². The monoisotopic (exact) mass is 257 g/mol. The molecule has 3 unspecified atom stereocenters. The fourth-order valence-corrected chi connectivity index (χ4v) is 3.18. The lowest BCUT2D eigenvalue weighted by Crippen LogP contribution is -2.43. The highest BCUT2D eigenvalue weighted by Crippen LogP contribution is 2.42. The molecule has 0 spiro atoms. The first-order valence-corrected chi connectivity index (χ1v) is 8.27. The van der Waals surface area contributed by atoms with Gasteiger partial charge in [-0.3, -0.25) is 0 Å². The number of fused-ring (bicyclic) bond motifs is 2. The Morgan fingerprint density at radius 2 is 2.00 bits per heavy atom. The van der Waals surface area contributed by atoms with Gasteiger partial charge in [-0.05, 0) is 51.0 Å². The number of sulfone groups is 1. The van der Waals surface area contributed by atoms with Gasteiger partial charge in [0, 0.05) is 12.8 Å². The van der Waals surface area contributed by atoms with E-state index in [1.54, 1.807) is 13.8 Å². The Kier molecular flexibility index (Phi) is 3.38. The van der Waals surface area contributed by atoms with Crippen LogP contribution in [0.5, 0.6) is 0 Å². The summed E-state index contributed by atoms with van der Waals surface area (Å²) in [6.07, 6.45) is 8.56. The van der Waals surface area contributed by atoms with Gasteiger partial charge in [0.1, 0.15) is 0 Å². The zero-order valence-electron chi connectivity index (χ0n) is 10.9. The van der Waals surface area contributed by atoms with E-state index in [-0.39, 0.29) is 0 Å². The number of rotatable bonds is 5. The number of allylic oxidation sites excluding steroid dienone is 2. The van der Waals surface area contributed by atoms with Gasteiger partial charge in [-0.15, -0.1) is 0 Å². The molecule has 2 aliphatic carbocycles. The molecule has 3 nitrogen and oxygen atoms in total. The third kappa shape index (κ3) is 2.74. The van der Waals surface area contributed by atoms with Gasteiger partial charge < -0.3 is 5.32 Å². The van der Waals surface area contributed by atoms with Crippen LogP contribution in [-0.2, 0) is 9.84 Å². The summed E-state index contributed by atoms with van der Waals surface area (Å²) in [5.41, 5.74) is 0. The van der Waals surface area contributed by atoms with Crippen molar-refractivity contribution in [2.45, 2.75) is 31.4 Å². The highest BCUT2D eigenvalue weighted by Gasteiger charge is 2.36. The van der Waals surface area contributed by atoms with Gasteiger partial charge >= 0.3 is 0 Å². The Hall–Kier alpha value is -0.350. The van der Waals surface area contributed by atoms with Crippen LogP contribution in [0.3, 0.4) is 0 Å². The Balaban J connectivity index is 1.79. The average Bonchev–Trinajstić information content (AvgIpc) is 2.76. The smallest absolute Gasteiger partial charge is 0.153 e. The van der Waals surface area contributed by atoms with E-state index in [0.717, 1.165) is 18.4 Å². The molecule has 0 saturated heterocycles. The van der Waals surface area contributed by atoms with Crippen LogP contribution in [-0.4, -0.2) is 32.5 Å². The highest BCUT2D eigenvalue weighted by molar-refractivity contribution is 7.92. The fraction of sp³-hybridized carbons (Fsp3) is 0.846. The molecule has 0 aromatic rings. The molecule has 98 valence electrons. The van der Waals surface area contributed by atoms with Crippen LogP contribution in [0, 0.1) is 17.8 Å². The van der Waals surface area contributed by atoms with Crippen LogP contribution >= 0.6 is 0 Å². The van der Waals surface area contributed by atoms with Crippen molar-refractivity contribution in [3.05, 3.63) is 12.2 Å². The van der Waals surface area contributed by atoms with Gasteiger partial charge in [-0.1, -0.05) is 12.2 Å². The van der Waals surface area contributed by atoms with E-state index in [1.165, 1.54) is 19.1 Å². The molecular formula is C13H23NO2S. The van der Waals surface area contributed by atoms with Gasteiger partial charge in [-0.25, -0.2) is 8.42 Å². The predicted octanol–water partition coefficient (Wildman–Crippen LogP) is 1.61. The lowest BCUT2D eigenvalue weighted by molar-refractivity contribution is 0.402. The molecule has 0 amide bonds. The third-order valence-electron chi connectivity index (χ3n) is 4.38. The van der Waals surface area contributed by atoms with E-state index >= 15 is 0 Å². The molecule has 0 aromatic heterocycles. The molecule has 17 heavy (non-hydrogen) atoms. The maximum absolute atomic E-state index is 11.6. The minimum absolute atomic E-state index is 0.545. The summed E-state index contributed by atoms with van der Waals surface area (Å²) in [5.74, 6) is 2.23. The SMILES string of the molecule is CC(C)(CNCC1CC2C=CC1C2)S(C)(=O)=O. The van der Waals surface area contributed by atoms with Crippen LogP contribution in [0.2, 0.25) is 0 Å². The molecule has 1 N–H and O–H groups in total. The van der Waals surface area contributed by atoms with Gasteiger partial charge in [-0.2, -0.15) is 0 Å². The number of hydrogen-bond acceptors (Lipinski definition) is 3. The van der Waals surface area contributed by atoms with E-state index in [2.05, 4.69) is 17.5 Å². The Morgan fingerprint density at radius 3 is 2.47 bits per heavy atom. The van der Waals surface area contributed by atoms with E-state index in [0.29, 0.717) is 12.5 Å². The van der Waals surface area contributed by atoms with Gasteiger partial charge in [0.15, 0.2) is 9.84 Å². The Bertz CT molecular complexity index is 411. The van der Waals surface area contributed by atoms with Crippen molar-refractivity contribution >= 4 is 9.84 Å². The lowest BCUT2D eigenvalue weighted by atomic mass is 9.93. The summed E-state index contributed by atoms with van der Waals surface area (Å²) in [7, 11) is -2.98. The summed E-state index contributed by atoms with van der Waals surface area (Å²) in [6, 6.07) is 0. The second-order valence-electron chi connectivity index (χ2n) is 6.20. The summed E-state index contributed by atoms with van der Waals surface area (Å²) in [6.45, 7) is 5.07. The van der Waals surface area contributed by atoms with Crippen LogP contribution in [0.15, 0.2) is 12.2 Å². The molecule has 0 radical (unpaired) electrons. The first-order chi connectivity index (χ1) is 7.79. The molecule has 0 heterocycles. The first kappa shape index (κ1) is 13.1. The maximum Gasteiger partial charge on any atom is 0.153 e. The standard InChI is InChI=1S/C13H23NO2S/c1-13(2,17(3,15)16)9-14-8-12-7-10-4-5-11(12)6-10/h4-5,10-12,14H,6-9H2,1-3H3. The lowest BCUT2D eigenvalue weighted by Gasteiger charge is -2.25. The molecule has 4 heteroatoms. The summed E-state index contributed by atoms with van der Waals surface area (Å²) >= 11 is 0. The molecular weight excluding hydrogens is 234 g/mol. The molecule has 2 aliphatic rings. The zero-order valence-corrected chi connectivity index (χ0v) is 11.8. The van der Waals surface area contributed by atoms with Crippen LogP contribution in [0.1, 0.15) is 26.7 Å². The van der Waals surface area contributed by atoms with Crippen molar-refractivity contribution in [1.29, 1.82) is 0 Å². The van der Waals surface area contributed by atoms with E-state index in [1.807, 2.05) is 0 Å². The molecule has 3 atom stereocenters. The van der Waals surface area contributed by atoms with Crippen molar-refractivity contribution in [3.63, 3.8) is 0 Å². The third-order valence-corrected chi connectivity index (χ3v) is 6.53. The minimum atomic E-state index is -2.98. The van der Waals surface area contributed by atoms with Crippen molar-refractivity contribution < 1.29 is 8.42 Å². The maximum atomic E-state index is 11.6. The summed E-state index contributed by atoms with van der Waals surface area (Å²) < 4.78 is 22.4. The average molecular weight is 257 g/mol. The Labute approximate surface area is 105 Å². The zero-order chi connectivity index (χ0) is 12.7. The summed E-state index contributed by atoms with van der Waals surface area (Å²) in [4.78, 5) is 0. The molecule has 1 saturated carbocycles. The Morgan fingerprint density at radius 1 is 1.29 bits per heavy atom. The van der Waals surface area contributed by atoms with Gasteiger partial charge in [0.25, 0.3) is 0 Å². The first-order valence-electron chi connectivity index (χ1n) is 6.38. The predicted molar refractivity (Wildman–Crippen MR) is 70.6 cm³/mol. The van der Waals surface area contributed by atoms with E-state index in [9.17, 15) is 8.42 Å². The van der Waals surface area contributed by atoms with Gasteiger partial charge in [0.2, 0.25) is 0 Å². The summed E-state index contributed by atoms with van der Waals surface area (Å²) in [5, 5.41) is 3.35. The molecule has 0 aromatic carbocycles. The van der Waals surface area contributed by atoms with Crippen LogP contribution in [0.4, 0.5) is 0 Å². The van der Waals surface area contributed by atoms with E-state index < -0.39 is 14.6 Å².